The van der Waals surface area contributed by atoms with Crippen molar-refractivity contribution in [3.63, 3.8) is 0 Å². The Balaban J connectivity index is 3.26. The highest BCUT2D eigenvalue weighted by atomic mass is 16.6. The molecule has 1 aromatic rings. The standard InChI is InChI=1S/C9H4N3O2/c10-5-8(6-11)7-2-1-3-9(4-7)12(13)14/h1-4H/q-1. The fraction of sp³-hybridized carbons (Fsp3) is 0. The highest BCUT2D eigenvalue weighted by molar-refractivity contribution is 5.98. The summed E-state index contributed by atoms with van der Waals surface area (Å²) in [6.45, 7) is 0. The number of non-ortho nitro benzene ring substituents is 1. The second-order valence-electron chi connectivity index (χ2n) is 2.41. The van der Waals surface area contributed by atoms with E-state index in [1.54, 1.807) is 11.9 Å². The van der Waals surface area contributed by atoms with Gasteiger partial charge in [-0.3, -0.25) is 10.1 Å². The number of allylic oxidation sites excluding steroid dienone is 1. The SMILES string of the molecule is N#CC(=C=[N-])c1cccc([N+](=O)[O-])c1. The van der Waals surface area contributed by atoms with Crippen molar-refractivity contribution in [2.45, 2.75) is 0 Å². The van der Waals surface area contributed by atoms with Gasteiger partial charge < -0.3 is 5.41 Å². The van der Waals surface area contributed by atoms with E-state index in [1.807, 2.05) is 0 Å². The summed E-state index contributed by atoms with van der Waals surface area (Å²) in [5.74, 6) is 1.67. The van der Waals surface area contributed by atoms with Gasteiger partial charge >= 0.3 is 0 Å². The first kappa shape index (κ1) is 9.65. The smallest absolute Gasteiger partial charge is 0.270 e. The predicted octanol–water partition coefficient (Wildman–Crippen LogP) is 1.74. The fourth-order valence-electron chi connectivity index (χ4n) is 0.929. The van der Waals surface area contributed by atoms with Gasteiger partial charge in [-0.2, -0.15) is 5.26 Å². The molecule has 0 aliphatic heterocycles. The van der Waals surface area contributed by atoms with Gasteiger partial charge in [0, 0.05) is 17.7 Å². The molecular weight excluding hydrogens is 182 g/mol. The van der Waals surface area contributed by atoms with Crippen LogP contribution in [0.5, 0.6) is 0 Å². The van der Waals surface area contributed by atoms with Crippen LogP contribution in [0.15, 0.2) is 24.3 Å². The Hall–Kier alpha value is -2.44. The Bertz CT molecular complexity index is 467. The first-order valence-electron chi connectivity index (χ1n) is 3.61. The van der Waals surface area contributed by atoms with Crippen molar-refractivity contribution in [2.75, 3.05) is 0 Å². The average molecular weight is 186 g/mol. The zero-order valence-corrected chi connectivity index (χ0v) is 6.97. The maximum Gasteiger partial charge on any atom is 0.270 e. The van der Waals surface area contributed by atoms with Crippen LogP contribution in [0.25, 0.3) is 11.0 Å². The first-order chi connectivity index (χ1) is 6.69. The highest BCUT2D eigenvalue weighted by Crippen LogP contribution is 2.17. The molecule has 5 heteroatoms. The van der Waals surface area contributed by atoms with Crippen LogP contribution in [0, 0.1) is 21.4 Å². The maximum atomic E-state index is 10.4. The molecule has 0 aliphatic carbocycles. The second-order valence-corrected chi connectivity index (χ2v) is 2.41. The topological polar surface area (TPSA) is 89.2 Å². The third-order valence-electron chi connectivity index (χ3n) is 1.57. The van der Waals surface area contributed by atoms with Crippen LogP contribution < -0.4 is 0 Å². The van der Waals surface area contributed by atoms with Crippen molar-refractivity contribution in [3.05, 3.63) is 45.4 Å². The van der Waals surface area contributed by atoms with Crippen LogP contribution in [-0.2, 0) is 0 Å². The summed E-state index contributed by atoms with van der Waals surface area (Å²) >= 11 is 0. The minimum atomic E-state index is -0.574. The van der Waals surface area contributed by atoms with Crippen LogP contribution in [-0.4, -0.2) is 10.8 Å². The quantitative estimate of drug-likeness (QED) is 0.305. The van der Waals surface area contributed by atoms with Crippen molar-refractivity contribution in [1.29, 1.82) is 5.26 Å². The van der Waals surface area contributed by atoms with E-state index < -0.39 is 4.92 Å². The lowest BCUT2D eigenvalue weighted by atomic mass is 10.1. The molecule has 0 radical (unpaired) electrons. The largest absolute Gasteiger partial charge is 0.762 e. The molecule has 0 N–H and O–H groups in total. The number of nitro groups is 1. The van der Waals surface area contributed by atoms with Gasteiger partial charge in [-0.15, -0.1) is 0 Å². The van der Waals surface area contributed by atoms with Crippen molar-refractivity contribution < 1.29 is 4.92 Å². The third kappa shape index (κ3) is 1.83. The molecule has 1 rings (SSSR count). The molecule has 0 unspecified atom stereocenters. The number of nitriles is 1. The Morgan fingerprint density at radius 3 is 2.79 bits per heavy atom. The fourth-order valence-corrected chi connectivity index (χ4v) is 0.929. The minimum Gasteiger partial charge on any atom is -0.762 e. The molecule has 5 nitrogen and oxygen atoms in total. The molecule has 0 spiro atoms. The molecule has 0 saturated heterocycles. The lowest BCUT2D eigenvalue weighted by Crippen LogP contribution is -1.89. The van der Waals surface area contributed by atoms with Gasteiger partial charge in [0.25, 0.3) is 5.69 Å². The van der Waals surface area contributed by atoms with E-state index in [0.29, 0.717) is 0 Å². The third-order valence-corrected chi connectivity index (χ3v) is 1.57. The molecule has 0 amide bonds. The van der Waals surface area contributed by atoms with Gasteiger partial charge in [0.05, 0.1) is 10.5 Å². The van der Waals surface area contributed by atoms with Gasteiger partial charge in [-0.1, -0.05) is 12.1 Å². The van der Waals surface area contributed by atoms with Gasteiger partial charge in [0.15, 0.2) is 0 Å². The Labute approximate surface area is 79.6 Å². The highest BCUT2D eigenvalue weighted by Gasteiger charge is 2.06. The molecule has 0 heterocycles. The van der Waals surface area contributed by atoms with Crippen LogP contribution in [0.1, 0.15) is 5.56 Å². The summed E-state index contributed by atoms with van der Waals surface area (Å²) in [5, 5.41) is 27.4. The van der Waals surface area contributed by atoms with Crippen molar-refractivity contribution in [3.8, 4) is 6.07 Å². The molecule has 68 valence electrons. The summed E-state index contributed by atoms with van der Waals surface area (Å²) in [6.07, 6.45) is 0. The molecule has 0 aliphatic rings. The average Bonchev–Trinajstić information content (AvgIpc) is 2.20. The van der Waals surface area contributed by atoms with E-state index in [-0.39, 0.29) is 16.8 Å². The zero-order chi connectivity index (χ0) is 10.6. The zero-order valence-electron chi connectivity index (χ0n) is 6.97. The van der Waals surface area contributed by atoms with Crippen LogP contribution in [0.3, 0.4) is 0 Å². The summed E-state index contributed by atoms with van der Waals surface area (Å²) in [6, 6.07) is 7.08. The van der Waals surface area contributed by atoms with Crippen molar-refractivity contribution >= 4 is 17.1 Å². The molecule has 0 fully saturated rings. The number of nitrogens with zero attached hydrogens (tertiary/aromatic N) is 3. The number of nitro benzene ring substituents is 1. The van der Waals surface area contributed by atoms with E-state index in [1.165, 1.54) is 24.3 Å². The second kappa shape index (κ2) is 3.99. The normalized spacial score (nSPS) is 8.50. The molecule has 0 saturated carbocycles. The molecule has 0 atom stereocenters. The van der Waals surface area contributed by atoms with Crippen molar-refractivity contribution in [1.82, 2.24) is 0 Å². The Morgan fingerprint density at radius 1 is 1.57 bits per heavy atom. The first-order valence-corrected chi connectivity index (χ1v) is 3.61. The summed E-state index contributed by atoms with van der Waals surface area (Å²) < 4.78 is 0. The van der Waals surface area contributed by atoms with Gasteiger partial charge in [0.2, 0.25) is 0 Å². The van der Waals surface area contributed by atoms with Crippen LogP contribution in [0.4, 0.5) is 5.69 Å². The number of rotatable bonds is 2. The molecule has 14 heavy (non-hydrogen) atoms. The number of hydrogen-bond acceptors (Lipinski definition) is 3. The van der Waals surface area contributed by atoms with Crippen molar-refractivity contribution in [2.24, 2.45) is 0 Å². The molecule has 1 aromatic carbocycles. The molecule has 0 bridgehead atoms. The van der Waals surface area contributed by atoms with E-state index in [2.05, 4.69) is 0 Å². The summed E-state index contributed by atoms with van der Waals surface area (Å²) in [4.78, 5) is 9.81. The van der Waals surface area contributed by atoms with Gasteiger partial charge in [0.1, 0.15) is 6.07 Å². The minimum absolute atomic E-state index is 0.131. The van der Waals surface area contributed by atoms with Gasteiger partial charge in [-0.05, 0) is 0 Å². The van der Waals surface area contributed by atoms with E-state index in [0.717, 1.165) is 0 Å². The van der Waals surface area contributed by atoms with E-state index >= 15 is 0 Å². The number of hydrogen-bond donors (Lipinski definition) is 0. The van der Waals surface area contributed by atoms with E-state index in [9.17, 15) is 10.1 Å². The number of benzene rings is 1. The van der Waals surface area contributed by atoms with Crippen LogP contribution >= 0.6 is 0 Å². The lowest BCUT2D eigenvalue weighted by molar-refractivity contribution is -0.384. The van der Waals surface area contributed by atoms with Gasteiger partial charge in [-0.25, -0.2) is 5.87 Å². The summed E-state index contributed by atoms with van der Waals surface area (Å²) in [5.41, 5.74) is 0.00315. The van der Waals surface area contributed by atoms with Crippen LogP contribution in [0.2, 0.25) is 0 Å². The molecule has 0 aromatic heterocycles. The monoisotopic (exact) mass is 186 g/mol. The lowest BCUT2D eigenvalue weighted by Gasteiger charge is -1.97. The molecular formula is C9H4N3O2-. The Morgan fingerprint density at radius 2 is 2.29 bits per heavy atom. The van der Waals surface area contributed by atoms with E-state index in [4.69, 9.17) is 10.7 Å². The Kier molecular flexibility index (Phi) is 2.75. The summed E-state index contributed by atoms with van der Waals surface area (Å²) in [7, 11) is 0. The predicted molar refractivity (Wildman–Crippen MR) is 50.5 cm³/mol. The maximum absolute atomic E-state index is 10.4.